The second-order valence-corrected chi connectivity index (χ2v) is 9.27. The van der Waals surface area contributed by atoms with E-state index in [9.17, 15) is 13.6 Å². The third-order valence-electron chi connectivity index (χ3n) is 7.41. The van der Waals surface area contributed by atoms with Gasteiger partial charge in [-0.15, -0.1) is 0 Å². The van der Waals surface area contributed by atoms with Gasteiger partial charge in [-0.2, -0.15) is 5.10 Å². The van der Waals surface area contributed by atoms with E-state index >= 15 is 0 Å². The number of H-pyrrole nitrogens is 1. The van der Waals surface area contributed by atoms with E-state index < -0.39 is 17.0 Å². The van der Waals surface area contributed by atoms with E-state index in [0.29, 0.717) is 38.0 Å². The van der Waals surface area contributed by atoms with Crippen LogP contribution in [0.25, 0.3) is 11.0 Å². The van der Waals surface area contributed by atoms with Crippen molar-refractivity contribution in [1.29, 1.82) is 0 Å². The van der Waals surface area contributed by atoms with E-state index in [4.69, 9.17) is 0 Å². The number of rotatable bonds is 6. The van der Waals surface area contributed by atoms with Crippen molar-refractivity contribution in [2.75, 3.05) is 18.0 Å². The number of fused-ring (bicyclic) bond motifs is 2. The van der Waals surface area contributed by atoms with Crippen LogP contribution in [-0.2, 0) is 10.2 Å². The summed E-state index contributed by atoms with van der Waals surface area (Å²) in [6, 6.07) is 11.9. The van der Waals surface area contributed by atoms with E-state index in [1.807, 2.05) is 12.1 Å². The third kappa shape index (κ3) is 3.45. The molecule has 3 heterocycles. The van der Waals surface area contributed by atoms with E-state index in [0.717, 1.165) is 23.3 Å². The molecular formula is C26H24F2N6O. The molecule has 35 heavy (non-hydrogen) atoms. The van der Waals surface area contributed by atoms with Gasteiger partial charge >= 0.3 is 0 Å². The number of halogens is 2. The van der Waals surface area contributed by atoms with Crippen molar-refractivity contribution >= 4 is 28.4 Å². The number of hydrogen-bond acceptors (Lipinski definition) is 5. The molecule has 0 bridgehead atoms. The Hall–Kier alpha value is -3.88. The maximum atomic E-state index is 14.5. The summed E-state index contributed by atoms with van der Waals surface area (Å²) in [6.45, 7) is 1.11. The van der Waals surface area contributed by atoms with Gasteiger partial charge in [0, 0.05) is 30.3 Å². The zero-order valence-electron chi connectivity index (χ0n) is 19.0. The molecular weight excluding hydrogens is 450 g/mol. The first-order chi connectivity index (χ1) is 17.1. The molecule has 1 aliphatic heterocycles. The van der Waals surface area contributed by atoms with E-state index in [1.54, 1.807) is 6.20 Å². The number of hydrogen-bond donors (Lipinski definition) is 2. The highest BCUT2D eigenvalue weighted by Gasteiger charge is 2.48. The van der Waals surface area contributed by atoms with Gasteiger partial charge in [0.1, 0.15) is 23.8 Å². The number of nitrogens with zero attached hydrogens (tertiary/aromatic N) is 4. The van der Waals surface area contributed by atoms with Crippen molar-refractivity contribution in [3.8, 4) is 0 Å². The molecule has 1 fully saturated rings. The Balaban J connectivity index is 1.20. The third-order valence-corrected chi connectivity index (χ3v) is 7.41. The molecule has 1 aliphatic carbocycles. The van der Waals surface area contributed by atoms with Crippen LogP contribution in [0.4, 0.5) is 20.3 Å². The zero-order valence-corrected chi connectivity index (χ0v) is 19.0. The highest BCUT2D eigenvalue weighted by molar-refractivity contribution is 5.90. The maximum Gasteiger partial charge on any atom is 0.230 e. The monoisotopic (exact) mass is 474 g/mol. The fourth-order valence-corrected chi connectivity index (χ4v) is 5.52. The average Bonchev–Trinajstić information content (AvgIpc) is 3.45. The summed E-state index contributed by atoms with van der Waals surface area (Å²) in [6.07, 6.45) is 5.60. The molecule has 6 rings (SSSR count). The zero-order chi connectivity index (χ0) is 24.0. The minimum Gasteiger partial charge on any atom is -0.355 e. The lowest BCUT2D eigenvalue weighted by atomic mass is 9.63. The molecule has 0 radical (unpaired) electrons. The van der Waals surface area contributed by atoms with E-state index in [-0.39, 0.29) is 17.4 Å². The number of aromatic nitrogens is 4. The fourth-order valence-electron chi connectivity index (χ4n) is 5.52. The molecule has 0 spiro atoms. The number of para-hydroxylation sites is 1. The Bertz CT molecular complexity index is 1400. The van der Waals surface area contributed by atoms with Crippen LogP contribution in [0.2, 0.25) is 0 Å². The topological polar surface area (TPSA) is 86.8 Å². The van der Waals surface area contributed by atoms with Gasteiger partial charge in [0.15, 0.2) is 5.65 Å². The van der Waals surface area contributed by atoms with Crippen LogP contribution in [-0.4, -0.2) is 39.2 Å². The summed E-state index contributed by atoms with van der Waals surface area (Å²) < 4.78 is 29.0. The molecule has 7 nitrogen and oxygen atoms in total. The van der Waals surface area contributed by atoms with Gasteiger partial charge in [-0.25, -0.2) is 18.7 Å². The normalized spacial score (nSPS) is 18.3. The van der Waals surface area contributed by atoms with Crippen LogP contribution in [0.15, 0.2) is 55.0 Å². The molecule has 4 aromatic rings. The van der Waals surface area contributed by atoms with Gasteiger partial charge in [0.05, 0.1) is 17.0 Å². The number of amides is 1. The predicted octanol–water partition coefficient (Wildman–Crippen LogP) is 4.49. The smallest absolute Gasteiger partial charge is 0.230 e. The van der Waals surface area contributed by atoms with Crippen molar-refractivity contribution in [1.82, 2.24) is 25.5 Å². The predicted molar refractivity (Wildman–Crippen MR) is 127 cm³/mol. The Morgan fingerprint density at radius 2 is 1.91 bits per heavy atom. The van der Waals surface area contributed by atoms with Crippen LogP contribution in [0.3, 0.4) is 0 Å². The molecule has 2 aliphatic rings. The minimum absolute atomic E-state index is 0.103. The minimum atomic E-state index is -1.12. The number of carbonyl (C=O) groups is 1. The second-order valence-electron chi connectivity index (χ2n) is 9.27. The molecule has 0 saturated heterocycles. The SMILES string of the molecule is O=C(NCCC1CN(c2ncnc3[nH]ncc23)c2ccccc21)C1(c2c(F)cccc2F)CCC1. The van der Waals surface area contributed by atoms with Crippen LogP contribution in [0.1, 0.15) is 42.7 Å². The lowest BCUT2D eigenvalue weighted by molar-refractivity contribution is -0.130. The van der Waals surface area contributed by atoms with E-state index in [2.05, 4.69) is 42.5 Å². The molecule has 1 atom stereocenters. The van der Waals surface area contributed by atoms with Crippen molar-refractivity contribution in [2.45, 2.75) is 37.0 Å². The summed E-state index contributed by atoms with van der Waals surface area (Å²) in [5, 5.41) is 10.8. The lowest BCUT2D eigenvalue weighted by Gasteiger charge is -2.41. The molecule has 2 aromatic heterocycles. The van der Waals surface area contributed by atoms with Crippen molar-refractivity contribution < 1.29 is 13.6 Å². The van der Waals surface area contributed by atoms with Crippen LogP contribution < -0.4 is 10.2 Å². The summed E-state index contributed by atoms with van der Waals surface area (Å²) in [4.78, 5) is 24.1. The Morgan fingerprint density at radius 3 is 2.69 bits per heavy atom. The van der Waals surface area contributed by atoms with Crippen LogP contribution in [0.5, 0.6) is 0 Å². The largest absolute Gasteiger partial charge is 0.355 e. The van der Waals surface area contributed by atoms with Gasteiger partial charge < -0.3 is 10.2 Å². The standard InChI is InChI=1S/C26H24F2N6O/c27-19-6-3-7-20(28)22(19)26(10-4-11-26)25(35)29-12-9-16-14-34(21-8-2-1-5-17(16)21)24-18-13-32-33-23(18)30-15-31-24/h1-3,5-8,13,15-16H,4,9-12,14H2,(H,29,35)(H,30,31,32,33). The molecule has 1 saturated carbocycles. The summed E-state index contributed by atoms with van der Waals surface area (Å²) in [5.41, 5.74) is 1.69. The number of aromatic amines is 1. The summed E-state index contributed by atoms with van der Waals surface area (Å²) >= 11 is 0. The Labute approximate surface area is 200 Å². The van der Waals surface area contributed by atoms with Gasteiger partial charge in [0.2, 0.25) is 5.91 Å². The highest BCUT2D eigenvalue weighted by atomic mass is 19.1. The average molecular weight is 475 g/mol. The summed E-state index contributed by atoms with van der Waals surface area (Å²) in [5.74, 6) is -0.671. The quantitative estimate of drug-likeness (QED) is 0.430. The first-order valence-electron chi connectivity index (χ1n) is 11.8. The number of carbonyl (C=O) groups excluding carboxylic acids is 1. The van der Waals surface area contributed by atoms with Crippen LogP contribution in [0, 0.1) is 11.6 Å². The van der Waals surface area contributed by atoms with Crippen molar-refractivity contribution in [3.05, 3.63) is 77.8 Å². The van der Waals surface area contributed by atoms with Crippen molar-refractivity contribution in [2.24, 2.45) is 0 Å². The Kier molecular flexibility index (Phi) is 5.20. The lowest BCUT2D eigenvalue weighted by Crippen LogP contribution is -2.50. The number of anilines is 2. The fraction of sp³-hybridized carbons (Fsp3) is 0.308. The van der Waals surface area contributed by atoms with Crippen molar-refractivity contribution in [3.63, 3.8) is 0 Å². The maximum absolute atomic E-state index is 14.5. The van der Waals surface area contributed by atoms with E-state index in [1.165, 1.54) is 30.1 Å². The number of nitrogens with one attached hydrogen (secondary N) is 2. The van der Waals surface area contributed by atoms with Gasteiger partial charge in [-0.05, 0) is 43.0 Å². The molecule has 9 heteroatoms. The van der Waals surface area contributed by atoms with Crippen LogP contribution >= 0.6 is 0 Å². The molecule has 1 amide bonds. The molecule has 178 valence electrons. The first kappa shape index (κ1) is 21.6. The molecule has 1 unspecified atom stereocenters. The number of benzene rings is 2. The second kappa shape index (κ2) is 8.41. The van der Waals surface area contributed by atoms with Gasteiger partial charge in [-0.3, -0.25) is 9.89 Å². The van der Waals surface area contributed by atoms with Gasteiger partial charge in [-0.1, -0.05) is 30.7 Å². The first-order valence-corrected chi connectivity index (χ1v) is 11.8. The molecule has 2 aromatic carbocycles. The summed E-state index contributed by atoms with van der Waals surface area (Å²) in [7, 11) is 0. The molecule has 2 N–H and O–H groups in total. The van der Waals surface area contributed by atoms with Gasteiger partial charge in [0.25, 0.3) is 0 Å². The Morgan fingerprint density at radius 1 is 1.11 bits per heavy atom. The highest BCUT2D eigenvalue weighted by Crippen LogP contribution is 2.46.